The maximum atomic E-state index is 12.7. The minimum Gasteiger partial charge on any atom is -0.317 e. The monoisotopic (exact) mass is 316 g/mol. The summed E-state index contributed by atoms with van der Waals surface area (Å²) in [6.07, 6.45) is 2.75. The molecule has 0 aromatic heterocycles. The van der Waals surface area contributed by atoms with Crippen LogP contribution >= 0.6 is 11.6 Å². The molecule has 1 heterocycles. The van der Waals surface area contributed by atoms with Gasteiger partial charge in [-0.1, -0.05) is 11.6 Å². The minimum absolute atomic E-state index is 0.0603. The Balaban J connectivity index is 2.28. The van der Waals surface area contributed by atoms with Gasteiger partial charge in [0, 0.05) is 18.1 Å². The fraction of sp³-hybridized carbons (Fsp3) is 0.571. The molecule has 1 saturated heterocycles. The second-order valence-electron chi connectivity index (χ2n) is 5.27. The zero-order chi connectivity index (χ0) is 14.8. The number of sulfonamides is 1. The molecule has 4 nitrogen and oxygen atoms in total. The Bertz CT molecular complexity index is 567. The Hall–Kier alpha value is -0.620. The fourth-order valence-corrected chi connectivity index (χ4v) is 4.46. The molecule has 1 unspecified atom stereocenters. The van der Waals surface area contributed by atoms with Crippen molar-refractivity contribution >= 4 is 21.6 Å². The molecule has 2 rings (SSSR count). The first-order chi connectivity index (χ1) is 9.43. The van der Waals surface area contributed by atoms with Gasteiger partial charge in [-0.25, -0.2) is 8.42 Å². The van der Waals surface area contributed by atoms with Gasteiger partial charge in [-0.2, -0.15) is 4.31 Å². The number of benzene rings is 1. The van der Waals surface area contributed by atoms with Gasteiger partial charge in [0.1, 0.15) is 0 Å². The third-order valence-electron chi connectivity index (χ3n) is 3.85. The number of hydrogen-bond donors (Lipinski definition) is 1. The van der Waals surface area contributed by atoms with Crippen LogP contribution in [-0.4, -0.2) is 38.9 Å². The van der Waals surface area contributed by atoms with Gasteiger partial charge in [0.05, 0.1) is 4.90 Å². The van der Waals surface area contributed by atoms with Crippen LogP contribution in [0.3, 0.4) is 0 Å². The molecular formula is C14H21ClN2O2S. The van der Waals surface area contributed by atoms with Crippen LogP contribution in [0.4, 0.5) is 0 Å². The Morgan fingerprint density at radius 3 is 2.75 bits per heavy atom. The van der Waals surface area contributed by atoms with E-state index in [-0.39, 0.29) is 6.04 Å². The van der Waals surface area contributed by atoms with Crippen molar-refractivity contribution in [1.82, 2.24) is 9.62 Å². The van der Waals surface area contributed by atoms with Gasteiger partial charge in [-0.3, -0.25) is 0 Å². The highest BCUT2D eigenvalue weighted by Gasteiger charge is 2.29. The second kappa shape index (κ2) is 6.43. The van der Waals surface area contributed by atoms with E-state index in [1.165, 1.54) is 4.31 Å². The standard InChI is InChI=1S/C14H21ClN2O2S/c1-11-10-12(15)5-6-14(11)20(18,19)17(2)13-4-3-8-16-9-7-13/h5-6,10,13,16H,3-4,7-9H2,1-2H3. The summed E-state index contributed by atoms with van der Waals surface area (Å²) in [5, 5.41) is 3.86. The maximum Gasteiger partial charge on any atom is 0.243 e. The lowest BCUT2D eigenvalue weighted by Gasteiger charge is -2.27. The molecule has 6 heteroatoms. The van der Waals surface area contributed by atoms with Crippen molar-refractivity contribution in [1.29, 1.82) is 0 Å². The van der Waals surface area contributed by atoms with E-state index >= 15 is 0 Å². The van der Waals surface area contributed by atoms with Crippen molar-refractivity contribution in [2.24, 2.45) is 0 Å². The van der Waals surface area contributed by atoms with Crippen LogP contribution in [0.2, 0.25) is 5.02 Å². The summed E-state index contributed by atoms with van der Waals surface area (Å²) >= 11 is 5.90. The van der Waals surface area contributed by atoms with E-state index in [9.17, 15) is 8.42 Å². The van der Waals surface area contributed by atoms with Crippen LogP contribution in [0, 0.1) is 6.92 Å². The van der Waals surface area contributed by atoms with E-state index in [1.54, 1.807) is 32.2 Å². The predicted molar refractivity (Wildman–Crippen MR) is 81.6 cm³/mol. The number of aryl methyl sites for hydroxylation is 1. The zero-order valence-corrected chi connectivity index (χ0v) is 13.5. The van der Waals surface area contributed by atoms with E-state index in [0.717, 1.165) is 32.4 Å². The molecule has 1 N–H and O–H groups in total. The van der Waals surface area contributed by atoms with E-state index < -0.39 is 10.0 Å². The summed E-state index contributed by atoms with van der Waals surface area (Å²) in [6.45, 7) is 3.61. The molecule has 0 amide bonds. The first kappa shape index (κ1) is 15.8. The van der Waals surface area contributed by atoms with E-state index in [4.69, 9.17) is 11.6 Å². The molecule has 20 heavy (non-hydrogen) atoms. The molecular weight excluding hydrogens is 296 g/mol. The SMILES string of the molecule is Cc1cc(Cl)ccc1S(=O)(=O)N(C)C1CCCNCC1. The highest BCUT2D eigenvalue weighted by atomic mass is 35.5. The molecule has 1 aromatic rings. The lowest BCUT2D eigenvalue weighted by Crippen LogP contribution is -2.37. The third kappa shape index (κ3) is 3.34. The lowest BCUT2D eigenvalue weighted by molar-refractivity contribution is 0.341. The van der Waals surface area contributed by atoms with Crippen molar-refractivity contribution < 1.29 is 8.42 Å². The first-order valence-electron chi connectivity index (χ1n) is 6.88. The van der Waals surface area contributed by atoms with Gasteiger partial charge in [0.2, 0.25) is 10.0 Å². The van der Waals surface area contributed by atoms with Crippen molar-refractivity contribution in [2.75, 3.05) is 20.1 Å². The molecule has 1 aliphatic heterocycles. The predicted octanol–water partition coefficient (Wildman–Crippen LogP) is 2.41. The average molecular weight is 317 g/mol. The number of halogens is 1. The summed E-state index contributed by atoms with van der Waals surface area (Å²) in [5.41, 5.74) is 0.691. The van der Waals surface area contributed by atoms with Crippen LogP contribution in [0.15, 0.2) is 23.1 Å². The van der Waals surface area contributed by atoms with Gasteiger partial charge < -0.3 is 5.32 Å². The fourth-order valence-electron chi connectivity index (χ4n) is 2.62. The number of rotatable bonds is 3. The van der Waals surface area contributed by atoms with Crippen molar-refractivity contribution in [3.63, 3.8) is 0 Å². The Labute approximate surface area is 126 Å². The summed E-state index contributed by atoms with van der Waals surface area (Å²) < 4.78 is 27.0. The molecule has 0 spiro atoms. The Morgan fingerprint density at radius 2 is 2.05 bits per heavy atom. The summed E-state index contributed by atoms with van der Waals surface area (Å²) in [7, 11) is -1.78. The molecule has 112 valence electrons. The van der Waals surface area contributed by atoms with Crippen LogP contribution in [-0.2, 0) is 10.0 Å². The average Bonchev–Trinajstić information content (AvgIpc) is 2.66. The van der Waals surface area contributed by atoms with Gasteiger partial charge >= 0.3 is 0 Å². The largest absolute Gasteiger partial charge is 0.317 e. The normalized spacial score (nSPS) is 20.9. The minimum atomic E-state index is -3.46. The van der Waals surface area contributed by atoms with Gasteiger partial charge in [-0.05, 0) is 63.0 Å². The number of hydrogen-bond acceptors (Lipinski definition) is 3. The summed E-state index contributed by atoms with van der Waals surface area (Å²) in [5.74, 6) is 0. The van der Waals surface area contributed by atoms with Crippen LogP contribution < -0.4 is 5.32 Å². The van der Waals surface area contributed by atoms with Crippen molar-refractivity contribution in [3.8, 4) is 0 Å². The molecule has 0 aliphatic carbocycles. The lowest BCUT2D eigenvalue weighted by atomic mass is 10.1. The molecule has 0 saturated carbocycles. The van der Waals surface area contributed by atoms with E-state index in [1.807, 2.05) is 0 Å². The second-order valence-corrected chi connectivity index (χ2v) is 7.67. The highest BCUT2D eigenvalue weighted by molar-refractivity contribution is 7.89. The molecule has 0 radical (unpaired) electrons. The molecule has 1 fully saturated rings. The summed E-state index contributed by atoms with van der Waals surface area (Å²) in [4.78, 5) is 0.349. The van der Waals surface area contributed by atoms with Crippen LogP contribution in [0.1, 0.15) is 24.8 Å². The Kier molecular flexibility index (Phi) is 5.07. The van der Waals surface area contributed by atoms with Crippen LogP contribution in [0.25, 0.3) is 0 Å². The van der Waals surface area contributed by atoms with Gasteiger partial charge in [0.25, 0.3) is 0 Å². The number of nitrogens with zero attached hydrogens (tertiary/aromatic N) is 1. The molecule has 1 aliphatic rings. The third-order valence-corrected chi connectivity index (χ3v) is 6.16. The maximum absolute atomic E-state index is 12.7. The number of nitrogens with one attached hydrogen (secondary N) is 1. The quantitative estimate of drug-likeness (QED) is 0.931. The topological polar surface area (TPSA) is 49.4 Å². The van der Waals surface area contributed by atoms with Gasteiger partial charge in [-0.15, -0.1) is 0 Å². The highest BCUT2D eigenvalue weighted by Crippen LogP contribution is 2.25. The van der Waals surface area contributed by atoms with E-state index in [0.29, 0.717) is 15.5 Å². The molecule has 1 atom stereocenters. The van der Waals surface area contributed by atoms with Gasteiger partial charge in [0.15, 0.2) is 0 Å². The molecule has 1 aromatic carbocycles. The first-order valence-corrected chi connectivity index (χ1v) is 8.69. The summed E-state index contributed by atoms with van der Waals surface area (Å²) in [6, 6.07) is 4.98. The Morgan fingerprint density at radius 1 is 1.30 bits per heavy atom. The van der Waals surface area contributed by atoms with Crippen molar-refractivity contribution in [2.45, 2.75) is 37.1 Å². The zero-order valence-electron chi connectivity index (χ0n) is 11.9. The van der Waals surface area contributed by atoms with Crippen molar-refractivity contribution in [3.05, 3.63) is 28.8 Å². The molecule has 0 bridgehead atoms. The van der Waals surface area contributed by atoms with E-state index in [2.05, 4.69) is 5.32 Å². The smallest absolute Gasteiger partial charge is 0.243 e. The van der Waals surface area contributed by atoms with Crippen LogP contribution in [0.5, 0.6) is 0 Å².